The van der Waals surface area contributed by atoms with E-state index in [4.69, 9.17) is 0 Å². The van der Waals surface area contributed by atoms with Crippen LogP contribution in [0, 0.1) is 11.8 Å². The summed E-state index contributed by atoms with van der Waals surface area (Å²) in [4.78, 5) is 35.0. The highest BCUT2D eigenvalue weighted by molar-refractivity contribution is 5.89. The Morgan fingerprint density at radius 3 is 2.84 bits per heavy atom. The standard InChI is InChI=1S/C23H30N6O2/c30-21-7-3-6-20-17-13-18(16-27(15-17)11-12-28-10-4-9-26-28)22(29(20)21)23(31)25-14-19-5-1-2-8-24-19/h1-2,4-5,8-10,17-18,20,22H,3,6-7,11-16H2,(H,25,31)/t17-,18+,20+,22-/m1/s1. The third-order valence-electron chi connectivity index (χ3n) is 7.06. The number of fused-ring (bicyclic) bond motifs is 4. The number of likely N-dealkylation sites (tertiary alicyclic amines) is 1. The number of aromatic nitrogens is 3. The molecule has 3 aliphatic rings. The van der Waals surface area contributed by atoms with Crippen molar-refractivity contribution >= 4 is 11.8 Å². The molecule has 0 spiro atoms. The number of nitrogens with zero attached hydrogens (tertiary/aromatic N) is 5. The van der Waals surface area contributed by atoms with E-state index in [2.05, 4.69) is 20.3 Å². The van der Waals surface area contributed by atoms with Gasteiger partial charge in [0.2, 0.25) is 11.8 Å². The normalized spacial score (nSPS) is 28.3. The zero-order valence-corrected chi connectivity index (χ0v) is 17.8. The maximum absolute atomic E-state index is 13.4. The number of hydrogen-bond acceptors (Lipinski definition) is 5. The van der Waals surface area contributed by atoms with Crippen LogP contribution in [-0.2, 0) is 22.7 Å². The van der Waals surface area contributed by atoms with E-state index in [1.54, 1.807) is 12.4 Å². The molecule has 1 N–H and O–H groups in total. The van der Waals surface area contributed by atoms with Gasteiger partial charge in [-0.2, -0.15) is 5.10 Å². The SMILES string of the molecule is O=C(NCc1ccccn1)[C@H]1[C@H]2C[C@H](CN(CCn3cccn3)C2)[C@@H]2CCCC(=O)N21. The average Bonchev–Trinajstić information content (AvgIpc) is 3.31. The Hall–Kier alpha value is -2.74. The first-order chi connectivity index (χ1) is 15.2. The number of rotatable bonds is 6. The molecule has 2 amide bonds. The molecule has 0 aliphatic carbocycles. The molecule has 0 unspecified atom stereocenters. The molecule has 3 fully saturated rings. The largest absolute Gasteiger partial charge is 0.349 e. The minimum absolute atomic E-state index is 0.0386. The van der Waals surface area contributed by atoms with Crippen molar-refractivity contribution in [2.45, 2.75) is 50.9 Å². The number of nitrogens with one attached hydrogen (secondary N) is 1. The van der Waals surface area contributed by atoms with Crippen LogP contribution < -0.4 is 5.32 Å². The van der Waals surface area contributed by atoms with Crippen molar-refractivity contribution in [3.63, 3.8) is 0 Å². The van der Waals surface area contributed by atoms with Crippen LogP contribution in [0.5, 0.6) is 0 Å². The van der Waals surface area contributed by atoms with E-state index in [9.17, 15) is 9.59 Å². The summed E-state index contributed by atoms with van der Waals surface area (Å²) in [6.45, 7) is 3.99. The molecule has 2 aromatic rings. The molecule has 5 heterocycles. The number of piperidine rings is 3. The third kappa shape index (κ3) is 4.21. The highest BCUT2D eigenvalue weighted by atomic mass is 16.2. The smallest absolute Gasteiger partial charge is 0.243 e. The Balaban J connectivity index is 1.32. The van der Waals surface area contributed by atoms with Crippen LogP contribution in [0.3, 0.4) is 0 Å². The fourth-order valence-electron chi connectivity index (χ4n) is 5.73. The molecule has 5 rings (SSSR count). The summed E-state index contributed by atoms with van der Waals surface area (Å²) in [6, 6.07) is 7.43. The molecular weight excluding hydrogens is 392 g/mol. The van der Waals surface area contributed by atoms with Gasteiger partial charge in [-0.1, -0.05) is 6.07 Å². The summed E-state index contributed by atoms with van der Waals surface area (Å²) in [7, 11) is 0. The molecule has 4 atom stereocenters. The first kappa shape index (κ1) is 20.2. The van der Waals surface area contributed by atoms with Gasteiger partial charge in [0, 0.05) is 56.6 Å². The Kier molecular flexibility index (Phi) is 5.72. The van der Waals surface area contributed by atoms with Crippen molar-refractivity contribution in [3.8, 4) is 0 Å². The fourth-order valence-corrected chi connectivity index (χ4v) is 5.73. The Bertz CT molecular complexity index is 902. The minimum atomic E-state index is -0.384. The lowest BCUT2D eigenvalue weighted by Crippen LogP contribution is -2.68. The van der Waals surface area contributed by atoms with Crippen molar-refractivity contribution in [2.24, 2.45) is 11.8 Å². The second-order valence-corrected chi connectivity index (χ2v) is 9.03. The summed E-state index contributed by atoms with van der Waals surface area (Å²) < 4.78 is 1.96. The van der Waals surface area contributed by atoms with Gasteiger partial charge in [-0.15, -0.1) is 0 Å². The molecule has 3 saturated heterocycles. The van der Waals surface area contributed by atoms with E-state index in [-0.39, 0.29) is 29.8 Å². The van der Waals surface area contributed by atoms with Crippen molar-refractivity contribution < 1.29 is 9.59 Å². The molecule has 31 heavy (non-hydrogen) atoms. The van der Waals surface area contributed by atoms with Crippen molar-refractivity contribution in [2.75, 3.05) is 19.6 Å². The first-order valence-electron chi connectivity index (χ1n) is 11.4. The molecule has 2 bridgehead atoms. The minimum Gasteiger partial charge on any atom is -0.349 e. The average molecular weight is 423 g/mol. The highest BCUT2D eigenvalue weighted by Gasteiger charge is 2.51. The second kappa shape index (κ2) is 8.78. The van der Waals surface area contributed by atoms with Gasteiger partial charge in [0.15, 0.2) is 0 Å². The first-order valence-corrected chi connectivity index (χ1v) is 11.4. The third-order valence-corrected chi connectivity index (χ3v) is 7.06. The zero-order valence-electron chi connectivity index (χ0n) is 17.8. The van der Waals surface area contributed by atoms with Crippen molar-refractivity contribution in [1.82, 2.24) is 29.9 Å². The topological polar surface area (TPSA) is 83.4 Å². The van der Waals surface area contributed by atoms with Crippen LogP contribution in [0.4, 0.5) is 0 Å². The van der Waals surface area contributed by atoms with Crippen LogP contribution in [-0.4, -0.2) is 68.1 Å². The Morgan fingerprint density at radius 2 is 2.03 bits per heavy atom. The Morgan fingerprint density at radius 1 is 1.13 bits per heavy atom. The van der Waals surface area contributed by atoms with E-state index in [1.807, 2.05) is 40.0 Å². The molecule has 8 heteroatoms. The molecule has 164 valence electrons. The van der Waals surface area contributed by atoms with Gasteiger partial charge >= 0.3 is 0 Å². The lowest BCUT2D eigenvalue weighted by molar-refractivity contribution is -0.160. The maximum Gasteiger partial charge on any atom is 0.243 e. The van der Waals surface area contributed by atoms with Gasteiger partial charge < -0.3 is 15.1 Å². The lowest BCUT2D eigenvalue weighted by atomic mass is 9.71. The number of amides is 2. The van der Waals surface area contributed by atoms with Crippen LogP contribution in [0.1, 0.15) is 31.4 Å². The van der Waals surface area contributed by atoms with E-state index < -0.39 is 0 Å². The monoisotopic (exact) mass is 422 g/mol. The molecule has 3 aliphatic heterocycles. The summed E-state index contributed by atoms with van der Waals surface area (Å²) in [5, 5.41) is 7.38. The molecule has 0 radical (unpaired) electrons. The van der Waals surface area contributed by atoms with Gasteiger partial charge in [0.05, 0.1) is 18.8 Å². The molecule has 8 nitrogen and oxygen atoms in total. The quantitative estimate of drug-likeness (QED) is 0.759. The Labute approximate surface area is 182 Å². The van der Waals surface area contributed by atoms with E-state index >= 15 is 0 Å². The summed E-state index contributed by atoms with van der Waals surface area (Å²) in [6.07, 6.45) is 9.03. The lowest BCUT2D eigenvalue weighted by Gasteiger charge is -2.55. The fraction of sp³-hybridized carbons (Fsp3) is 0.565. The van der Waals surface area contributed by atoms with Crippen LogP contribution in [0.15, 0.2) is 42.9 Å². The molecule has 0 saturated carbocycles. The van der Waals surface area contributed by atoms with Crippen LogP contribution in [0.25, 0.3) is 0 Å². The molecule has 0 aromatic carbocycles. The van der Waals surface area contributed by atoms with Gasteiger partial charge in [0.25, 0.3) is 0 Å². The van der Waals surface area contributed by atoms with Gasteiger partial charge in [0.1, 0.15) is 6.04 Å². The predicted octanol–water partition coefficient (Wildman–Crippen LogP) is 1.30. The number of pyridine rings is 1. The van der Waals surface area contributed by atoms with E-state index in [0.717, 1.165) is 51.1 Å². The summed E-state index contributed by atoms with van der Waals surface area (Å²) in [5.74, 6) is 0.719. The maximum atomic E-state index is 13.4. The van der Waals surface area contributed by atoms with E-state index in [1.165, 1.54) is 0 Å². The number of hydrogen-bond donors (Lipinski definition) is 1. The molecule has 2 aromatic heterocycles. The number of carbonyl (C=O) groups is 2. The van der Waals surface area contributed by atoms with Crippen molar-refractivity contribution in [1.29, 1.82) is 0 Å². The second-order valence-electron chi connectivity index (χ2n) is 9.03. The zero-order chi connectivity index (χ0) is 21.2. The summed E-state index contributed by atoms with van der Waals surface area (Å²) >= 11 is 0. The van der Waals surface area contributed by atoms with Crippen LogP contribution >= 0.6 is 0 Å². The molecular formula is C23H30N6O2. The van der Waals surface area contributed by atoms with Gasteiger partial charge in [-0.05, 0) is 43.4 Å². The number of carbonyl (C=O) groups excluding carboxylic acids is 2. The van der Waals surface area contributed by atoms with Gasteiger partial charge in [-0.25, -0.2) is 0 Å². The van der Waals surface area contributed by atoms with Crippen molar-refractivity contribution in [3.05, 3.63) is 48.5 Å². The van der Waals surface area contributed by atoms with E-state index in [0.29, 0.717) is 18.9 Å². The van der Waals surface area contributed by atoms with Gasteiger partial charge in [-0.3, -0.25) is 19.3 Å². The summed E-state index contributed by atoms with van der Waals surface area (Å²) in [5.41, 5.74) is 0.829. The van der Waals surface area contributed by atoms with Crippen LogP contribution in [0.2, 0.25) is 0 Å². The predicted molar refractivity (Wildman–Crippen MR) is 115 cm³/mol. The highest BCUT2D eigenvalue weighted by Crippen LogP contribution is 2.41.